The van der Waals surface area contributed by atoms with E-state index in [-0.39, 0.29) is 33.9 Å². The summed E-state index contributed by atoms with van der Waals surface area (Å²) in [5.41, 5.74) is 5.47. The second-order valence-corrected chi connectivity index (χ2v) is 10.0. The Bertz CT molecular complexity index is 1100. The second-order valence-electron chi connectivity index (χ2n) is 10.0. The minimum Gasteiger partial charge on any atom is -0.405 e. The summed E-state index contributed by atoms with van der Waals surface area (Å²) in [5, 5.41) is 8.72. The van der Waals surface area contributed by atoms with Gasteiger partial charge in [0.15, 0.2) is 0 Å². The molecule has 0 saturated carbocycles. The number of halogens is 3. The van der Waals surface area contributed by atoms with Gasteiger partial charge in [-0.3, -0.25) is 0 Å². The van der Waals surface area contributed by atoms with Gasteiger partial charge in [0.1, 0.15) is 5.75 Å². The first-order valence-corrected chi connectivity index (χ1v) is 12.7. The van der Waals surface area contributed by atoms with Crippen molar-refractivity contribution in [1.29, 1.82) is 5.26 Å². The van der Waals surface area contributed by atoms with E-state index < -0.39 is 6.36 Å². The maximum atomic E-state index is 12.0. The van der Waals surface area contributed by atoms with E-state index in [1.807, 2.05) is 38.1 Å². The Morgan fingerprint density at radius 2 is 0.875 bits per heavy atom. The smallest absolute Gasteiger partial charge is 0.405 e. The molecule has 0 atom stereocenters. The first-order chi connectivity index (χ1) is 17.3. The van der Waals surface area contributed by atoms with Gasteiger partial charge in [-0.2, -0.15) is 5.26 Å². The van der Waals surface area contributed by atoms with Gasteiger partial charge >= 0.3 is 6.36 Å². The summed E-state index contributed by atoms with van der Waals surface area (Å²) in [6, 6.07) is 24.8. The fraction of sp³-hybridized carbons (Fsp3) is 0.457. The van der Waals surface area contributed by atoms with E-state index >= 15 is 0 Å². The predicted octanol–water partition coefficient (Wildman–Crippen LogP) is 12.2. The van der Waals surface area contributed by atoms with Gasteiger partial charge in [0, 0.05) is 0 Å². The van der Waals surface area contributed by atoms with Crippen LogP contribution in [0.2, 0.25) is 0 Å². The molecule has 3 aromatic carbocycles. The SMILES string of the molecule is C.C.C.CC(C)c1ccccc1C#N.CC(C)c1ccccc1C(C)C.CC(C)c1ccccc1OC(F)(F)F. The zero-order valence-electron chi connectivity index (χ0n) is 23.2. The van der Waals surface area contributed by atoms with Crippen molar-refractivity contribution in [3.05, 3.63) is 101 Å². The Labute approximate surface area is 243 Å². The van der Waals surface area contributed by atoms with Gasteiger partial charge in [-0.25, -0.2) is 0 Å². The molecule has 0 spiro atoms. The van der Waals surface area contributed by atoms with Gasteiger partial charge in [0.2, 0.25) is 0 Å². The standard InChI is InChI=1S/C12H18.C10H11F3O.C10H11N.3CH4/c1-9(2)11-7-5-6-8-12(11)10(3)4;1-7(2)8-5-3-4-6-9(8)14-10(11,12)13;1-8(2)10-6-4-3-5-9(10)7-11;;;/h5-10H,1-4H3;3-7H,1-2H3;3-6,8H,1-2H3;3*1H4. The average molecular weight is 560 g/mol. The van der Waals surface area contributed by atoms with Crippen molar-refractivity contribution in [2.45, 2.75) is 108 Å². The molecular formula is C35H52F3NO. The summed E-state index contributed by atoms with van der Waals surface area (Å²) in [4.78, 5) is 0. The molecule has 0 saturated heterocycles. The van der Waals surface area contributed by atoms with Crippen molar-refractivity contribution in [3.8, 4) is 11.8 Å². The number of nitriles is 1. The lowest BCUT2D eigenvalue weighted by Crippen LogP contribution is -2.18. The number of hydrogen-bond acceptors (Lipinski definition) is 2. The molecule has 0 aliphatic carbocycles. The number of rotatable bonds is 5. The fourth-order valence-corrected chi connectivity index (χ4v) is 3.84. The molecular weight excluding hydrogens is 507 g/mol. The van der Waals surface area contributed by atoms with Crippen LogP contribution in [0.4, 0.5) is 13.2 Å². The molecule has 0 aromatic heterocycles. The van der Waals surface area contributed by atoms with Crippen molar-refractivity contribution >= 4 is 0 Å². The molecule has 40 heavy (non-hydrogen) atoms. The van der Waals surface area contributed by atoms with Crippen LogP contribution in [-0.2, 0) is 0 Å². The Morgan fingerprint density at radius 1 is 0.550 bits per heavy atom. The van der Waals surface area contributed by atoms with Crippen LogP contribution in [-0.4, -0.2) is 6.36 Å². The quantitative estimate of drug-likeness (QED) is 0.311. The molecule has 0 amide bonds. The van der Waals surface area contributed by atoms with Crippen LogP contribution in [0.5, 0.6) is 5.75 Å². The third-order valence-electron chi connectivity index (χ3n) is 5.71. The molecule has 5 heteroatoms. The second kappa shape index (κ2) is 19.7. The highest BCUT2D eigenvalue weighted by Crippen LogP contribution is 2.30. The first-order valence-electron chi connectivity index (χ1n) is 12.7. The molecule has 224 valence electrons. The Balaban J connectivity index is -0.000000498. The molecule has 0 heterocycles. The van der Waals surface area contributed by atoms with Crippen LogP contribution in [0.25, 0.3) is 0 Å². The molecule has 0 fully saturated rings. The molecule has 3 rings (SSSR count). The fourth-order valence-electron chi connectivity index (χ4n) is 3.84. The maximum absolute atomic E-state index is 12.0. The van der Waals surface area contributed by atoms with Gasteiger partial charge in [0.05, 0.1) is 11.6 Å². The number of hydrogen-bond donors (Lipinski definition) is 0. The molecule has 0 bridgehead atoms. The minimum atomic E-state index is -4.62. The lowest BCUT2D eigenvalue weighted by atomic mass is 9.91. The van der Waals surface area contributed by atoms with E-state index in [9.17, 15) is 13.2 Å². The van der Waals surface area contributed by atoms with E-state index in [1.165, 1.54) is 23.3 Å². The molecule has 0 aliphatic heterocycles. The van der Waals surface area contributed by atoms with Crippen molar-refractivity contribution in [3.63, 3.8) is 0 Å². The lowest BCUT2D eigenvalue weighted by Gasteiger charge is -2.14. The zero-order valence-corrected chi connectivity index (χ0v) is 23.2. The van der Waals surface area contributed by atoms with E-state index in [0.29, 0.717) is 23.3 Å². The molecule has 0 radical (unpaired) electrons. The third kappa shape index (κ3) is 14.2. The number of nitrogens with zero attached hydrogens (tertiary/aromatic N) is 1. The summed E-state index contributed by atoms with van der Waals surface area (Å²) < 4.78 is 39.8. The predicted molar refractivity (Wildman–Crippen MR) is 167 cm³/mol. The normalized spacial score (nSPS) is 10.2. The third-order valence-corrected chi connectivity index (χ3v) is 5.71. The van der Waals surface area contributed by atoms with Crippen molar-refractivity contribution in [1.82, 2.24) is 0 Å². The van der Waals surface area contributed by atoms with Crippen LogP contribution < -0.4 is 4.74 Å². The highest BCUT2D eigenvalue weighted by atomic mass is 19.4. The summed E-state index contributed by atoms with van der Waals surface area (Å²) >= 11 is 0. The van der Waals surface area contributed by atoms with Gasteiger partial charge in [-0.15, -0.1) is 13.2 Å². The minimum absolute atomic E-state index is 0. The zero-order chi connectivity index (χ0) is 28.2. The average Bonchev–Trinajstić information content (AvgIpc) is 2.84. The largest absolute Gasteiger partial charge is 0.573 e. The molecule has 0 N–H and O–H groups in total. The summed E-state index contributed by atoms with van der Waals surface area (Å²) in [6.45, 7) is 16.8. The number of para-hydroxylation sites is 1. The van der Waals surface area contributed by atoms with Gasteiger partial charge in [-0.05, 0) is 58.1 Å². The number of alkyl halides is 3. The Hall–Kier alpha value is -3.26. The molecule has 2 nitrogen and oxygen atoms in total. The Kier molecular flexibility index (Phi) is 20.3. The number of ether oxygens (including phenoxy) is 1. The molecule has 0 unspecified atom stereocenters. The van der Waals surface area contributed by atoms with Crippen molar-refractivity contribution < 1.29 is 17.9 Å². The van der Waals surface area contributed by atoms with Crippen molar-refractivity contribution in [2.24, 2.45) is 0 Å². The van der Waals surface area contributed by atoms with Crippen LogP contribution in [0.1, 0.15) is 129 Å². The van der Waals surface area contributed by atoms with E-state index in [0.717, 1.165) is 11.1 Å². The summed E-state index contributed by atoms with van der Waals surface area (Å²) in [7, 11) is 0. The highest BCUT2D eigenvalue weighted by Gasteiger charge is 2.32. The van der Waals surface area contributed by atoms with Crippen LogP contribution in [0.15, 0.2) is 72.8 Å². The number of benzene rings is 3. The van der Waals surface area contributed by atoms with E-state index in [2.05, 4.69) is 76.6 Å². The molecule has 0 aliphatic rings. The van der Waals surface area contributed by atoms with E-state index in [1.54, 1.807) is 12.1 Å². The van der Waals surface area contributed by atoms with Crippen LogP contribution in [0, 0.1) is 11.3 Å². The monoisotopic (exact) mass is 559 g/mol. The van der Waals surface area contributed by atoms with E-state index in [4.69, 9.17) is 5.26 Å². The maximum Gasteiger partial charge on any atom is 0.573 e. The van der Waals surface area contributed by atoms with Gasteiger partial charge in [0.25, 0.3) is 0 Å². The Morgan fingerprint density at radius 3 is 1.20 bits per heavy atom. The van der Waals surface area contributed by atoms with Gasteiger partial charge in [-0.1, -0.05) is 138 Å². The van der Waals surface area contributed by atoms with Crippen LogP contribution in [0.3, 0.4) is 0 Å². The van der Waals surface area contributed by atoms with Crippen molar-refractivity contribution in [2.75, 3.05) is 0 Å². The summed E-state index contributed by atoms with van der Waals surface area (Å²) in [5.74, 6) is 1.61. The molecule has 3 aromatic rings. The van der Waals surface area contributed by atoms with Crippen LogP contribution >= 0.6 is 0 Å². The first kappa shape index (κ1) is 41.2. The summed E-state index contributed by atoms with van der Waals surface area (Å²) in [6.07, 6.45) is -4.62. The highest BCUT2D eigenvalue weighted by molar-refractivity contribution is 5.39. The topological polar surface area (TPSA) is 33.0 Å². The lowest BCUT2D eigenvalue weighted by molar-refractivity contribution is -0.274. The van der Waals surface area contributed by atoms with Gasteiger partial charge < -0.3 is 4.74 Å².